The van der Waals surface area contributed by atoms with E-state index in [2.05, 4.69) is 22.0 Å². The molecule has 1 aromatic heterocycles. The molecule has 0 bridgehead atoms. The molecule has 146 valence electrons. The molecule has 1 fully saturated rings. The van der Waals surface area contributed by atoms with Crippen LogP contribution in [0.5, 0.6) is 0 Å². The molecule has 2 amide bonds. The number of amides is 2. The van der Waals surface area contributed by atoms with Crippen LogP contribution in [-0.4, -0.2) is 47.9 Å². The zero-order valence-electron chi connectivity index (χ0n) is 16.0. The van der Waals surface area contributed by atoms with E-state index in [1.807, 2.05) is 0 Å². The van der Waals surface area contributed by atoms with Gasteiger partial charge in [-0.15, -0.1) is 0 Å². The number of methoxy groups -OCH3 is 1. The minimum Gasteiger partial charge on any atom is -0.465 e. The number of carbonyl (C=O) groups is 3. The Bertz CT molecular complexity index is 871. The lowest BCUT2D eigenvalue weighted by atomic mass is 9.99. The summed E-state index contributed by atoms with van der Waals surface area (Å²) in [5.41, 5.74) is 1.55. The minimum atomic E-state index is -0.442. The van der Waals surface area contributed by atoms with Crippen molar-refractivity contribution in [3.63, 3.8) is 0 Å². The Morgan fingerprint density at radius 3 is 2.39 bits per heavy atom. The predicted molar refractivity (Wildman–Crippen MR) is 104 cm³/mol. The van der Waals surface area contributed by atoms with Crippen LogP contribution in [0.4, 0.5) is 5.69 Å². The second-order valence-electron chi connectivity index (χ2n) is 6.93. The minimum absolute atomic E-state index is 0.149. The summed E-state index contributed by atoms with van der Waals surface area (Å²) in [6, 6.07) is 9.45. The first-order valence-electron chi connectivity index (χ1n) is 9.23. The average molecular weight is 381 g/mol. The zero-order valence-corrected chi connectivity index (χ0v) is 16.0. The molecule has 1 aliphatic heterocycles. The van der Waals surface area contributed by atoms with E-state index in [4.69, 9.17) is 0 Å². The standard InChI is InChI=1S/C21H23N3O4/c1-14-8-11-24(12-9-14)20(26)18-13-16(7-10-22-18)19(25)23-17-5-3-15(4-6-17)21(27)28-2/h3-7,10,13-14H,8-9,11-12H2,1-2H3,(H,23,25). The van der Waals surface area contributed by atoms with Crippen LogP contribution in [-0.2, 0) is 4.74 Å². The number of hydrogen-bond acceptors (Lipinski definition) is 5. The van der Waals surface area contributed by atoms with E-state index in [-0.39, 0.29) is 17.5 Å². The molecule has 0 aliphatic carbocycles. The molecule has 1 saturated heterocycles. The van der Waals surface area contributed by atoms with Crippen molar-refractivity contribution in [2.24, 2.45) is 5.92 Å². The summed E-state index contributed by atoms with van der Waals surface area (Å²) in [5, 5.41) is 2.75. The van der Waals surface area contributed by atoms with Crippen molar-refractivity contribution in [2.75, 3.05) is 25.5 Å². The number of ether oxygens (including phenoxy) is 1. The number of esters is 1. The molecule has 3 rings (SSSR count). The molecule has 0 spiro atoms. The van der Waals surface area contributed by atoms with Gasteiger partial charge in [0.2, 0.25) is 0 Å². The van der Waals surface area contributed by atoms with E-state index in [0.29, 0.717) is 35.8 Å². The van der Waals surface area contributed by atoms with Crippen molar-refractivity contribution in [3.8, 4) is 0 Å². The van der Waals surface area contributed by atoms with Crippen LogP contribution >= 0.6 is 0 Å². The van der Waals surface area contributed by atoms with E-state index in [9.17, 15) is 14.4 Å². The summed E-state index contributed by atoms with van der Waals surface area (Å²) in [6.45, 7) is 3.61. The second-order valence-corrected chi connectivity index (χ2v) is 6.93. The number of likely N-dealkylation sites (tertiary alicyclic amines) is 1. The molecular weight excluding hydrogens is 358 g/mol. The van der Waals surface area contributed by atoms with Gasteiger partial charge in [-0.1, -0.05) is 6.92 Å². The second kappa shape index (κ2) is 8.65. The van der Waals surface area contributed by atoms with Crippen molar-refractivity contribution in [3.05, 3.63) is 59.4 Å². The molecule has 7 nitrogen and oxygen atoms in total. The largest absolute Gasteiger partial charge is 0.465 e. The first kappa shape index (κ1) is 19.5. The number of piperidine rings is 1. The lowest BCUT2D eigenvalue weighted by Crippen LogP contribution is -2.38. The summed E-state index contributed by atoms with van der Waals surface area (Å²) < 4.78 is 4.65. The lowest BCUT2D eigenvalue weighted by molar-refractivity contribution is 0.0600. The van der Waals surface area contributed by atoms with Gasteiger partial charge in [0.15, 0.2) is 0 Å². The van der Waals surface area contributed by atoms with Gasteiger partial charge in [-0.05, 0) is 55.2 Å². The molecular formula is C21H23N3O4. The summed E-state index contributed by atoms with van der Waals surface area (Å²) >= 11 is 0. The van der Waals surface area contributed by atoms with Gasteiger partial charge in [0.05, 0.1) is 12.7 Å². The quantitative estimate of drug-likeness (QED) is 0.823. The summed E-state index contributed by atoms with van der Waals surface area (Å²) in [6.07, 6.45) is 3.43. The van der Waals surface area contributed by atoms with E-state index in [1.165, 1.54) is 19.4 Å². The zero-order chi connectivity index (χ0) is 20.1. The maximum Gasteiger partial charge on any atom is 0.337 e. The lowest BCUT2D eigenvalue weighted by Gasteiger charge is -2.30. The Morgan fingerprint density at radius 1 is 1.07 bits per heavy atom. The molecule has 2 aromatic rings. The van der Waals surface area contributed by atoms with Gasteiger partial charge in [-0.3, -0.25) is 14.6 Å². The number of benzene rings is 1. The van der Waals surface area contributed by atoms with Crippen molar-refractivity contribution < 1.29 is 19.1 Å². The molecule has 1 aliphatic rings. The topological polar surface area (TPSA) is 88.6 Å². The Kier molecular flexibility index (Phi) is 6.03. The Balaban J connectivity index is 1.68. The Hall–Kier alpha value is -3.22. The van der Waals surface area contributed by atoms with Gasteiger partial charge in [-0.25, -0.2) is 4.79 Å². The van der Waals surface area contributed by atoms with Crippen LogP contribution in [0, 0.1) is 5.92 Å². The highest BCUT2D eigenvalue weighted by Crippen LogP contribution is 2.18. The number of nitrogens with zero attached hydrogens (tertiary/aromatic N) is 2. The molecule has 1 aromatic carbocycles. The van der Waals surface area contributed by atoms with Crippen LogP contribution in [0.25, 0.3) is 0 Å². The fraction of sp³-hybridized carbons (Fsp3) is 0.333. The van der Waals surface area contributed by atoms with Gasteiger partial charge in [0, 0.05) is 30.5 Å². The highest BCUT2D eigenvalue weighted by atomic mass is 16.5. The normalized spacial score (nSPS) is 14.4. The van der Waals surface area contributed by atoms with E-state index in [0.717, 1.165) is 12.8 Å². The maximum absolute atomic E-state index is 12.7. The molecule has 0 unspecified atom stereocenters. The van der Waals surface area contributed by atoms with Crippen LogP contribution in [0.15, 0.2) is 42.6 Å². The number of anilines is 1. The third-order valence-electron chi connectivity index (χ3n) is 4.88. The van der Waals surface area contributed by atoms with Crippen molar-refractivity contribution in [1.29, 1.82) is 0 Å². The van der Waals surface area contributed by atoms with Gasteiger partial charge < -0.3 is 15.0 Å². The third-order valence-corrected chi connectivity index (χ3v) is 4.88. The van der Waals surface area contributed by atoms with Crippen LogP contribution in [0.1, 0.15) is 51.0 Å². The molecule has 2 heterocycles. The van der Waals surface area contributed by atoms with Gasteiger partial charge in [0.25, 0.3) is 11.8 Å². The molecule has 28 heavy (non-hydrogen) atoms. The van der Waals surface area contributed by atoms with E-state index < -0.39 is 5.97 Å². The number of carbonyl (C=O) groups excluding carboxylic acids is 3. The first-order chi connectivity index (χ1) is 13.5. The summed E-state index contributed by atoms with van der Waals surface area (Å²) in [7, 11) is 1.31. The number of aromatic nitrogens is 1. The summed E-state index contributed by atoms with van der Waals surface area (Å²) in [5.74, 6) is -0.319. The van der Waals surface area contributed by atoms with Gasteiger partial charge >= 0.3 is 5.97 Å². The van der Waals surface area contributed by atoms with Crippen LogP contribution in [0.3, 0.4) is 0 Å². The summed E-state index contributed by atoms with van der Waals surface area (Å²) in [4.78, 5) is 42.6. The van der Waals surface area contributed by atoms with Crippen LogP contribution < -0.4 is 5.32 Å². The fourth-order valence-electron chi connectivity index (χ4n) is 3.07. The van der Waals surface area contributed by atoms with Gasteiger partial charge in [-0.2, -0.15) is 0 Å². The maximum atomic E-state index is 12.7. The number of pyridine rings is 1. The van der Waals surface area contributed by atoms with E-state index in [1.54, 1.807) is 35.2 Å². The monoisotopic (exact) mass is 381 g/mol. The predicted octanol–water partition coefficient (Wildman–Crippen LogP) is 2.99. The van der Waals surface area contributed by atoms with Crippen LogP contribution in [0.2, 0.25) is 0 Å². The first-order valence-corrected chi connectivity index (χ1v) is 9.23. The molecule has 0 radical (unpaired) electrons. The smallest absolute Gasteiger partial charge is 0.337 e. The Morgan fingerprint density at radius 2 is 1.75 bits per heavy atom. The fourth-order valence-corrected chi connectivity index (χ4v) is 3.07. The highest BCUT2D eigenvalue weighted by Gasteiger charge is 2.23. The molecule has 0 atom stereocenters. The van der Waals surface area contributed by atoms with Gasteiger partial charge in [0.1, 0.15) is 5.69 Å². The number of rotatable bonds is 4. The number of nitrogens with one attached hydrogen (secondary N) is 1. The highest BCUT2D eigenvalue weighted by molar-refractivity contribution is 6.05. The molecule has 7 heteroatoms. The molecule has 0 saturated carbocycles. The van der Waals surface area contributed by atoms with Crippen molar-refractivity contribution >= 4 is 23.5 Å². The average Bonchev–Trinajstić information content (AvgIpc) is 2.74. The van der Waals surface area contributed by atoms with Crippen molar-refractivity contribution in [2.45, 2.75) is 19.8 Å². The SMILES string of the molecule is COC(=O)c1ccc(NC(=O)c2ccnc(C(=O)N3CCC(C)CC3)c2)cc1. The Labute approximate surface area is 163 Å². The number of hydrogen-bond donors (Lipinski definition) is 1. The third kappa shape index (κ3) is 4.54. The van der Waals surface area contributed by atoms with Crippen molar-refractivity contribution in [1.82, 2.24) is 9.88 Å². The van der Waals surface area contributed by atoms with E-state index >= 15 is 0 Å². The molecule has 1 N–H and O–H groups in total.